The van der Waals surface area contributed by atoms with Crippen LogP contribution in [0.2, 0.25) is 0 Å². The highest BCUT2D eigenvalue weighted by Crippen LogP contribution is 2.32. The van der Waals surface area contributed by atoms with E-state index in [1.165, 1.54) is 27.6 Å². The molecule has 27 heavy (non-hydrogen) atoms. The number of benzene rings is 3. The van der Waals surface area contributed by atoms with Gasteiger partial charge in [0.2, 0.25) is 0 Å². The number of hydrogen-bond acceptors (Lipinski definition) is 2. The third-order valence-electron chi connectivity index (χ3n) is 5.79. The second-order valence-corrected chi connectivity index (χ2v) is 8.19. The van der Waals surface area contributed by atoms with Crippen LogP contribution >= 0.6 is 0 Å². The summed E-state index contributed by atoms with van der Waals surface area (Å²) in [6, 6.07) is 24.8. The van der Waals surface area contributed by atoms with Crippen LogP contribution in [0, 0.1) is 5.92 Å². The first-order chi connectivity index (χ1) is 13.1. The highest BCUT2D eigenvalue weighted by atomic mass is 15.4. The van der Waals surface area contributed by atoms with Crippen LogP contribution in [0.25, 0.3) is 10.8 Å². The van der Waals surface area contributed by atoms with Gasteiger partial charge in [-0.1, -0.05) is 74.5 Å². The van der Waals surface area contributed by atoms with Crippen LogP contribution in [-0.2, 0) is 6.42 Å². The fraction of sp³-hybridized carbons (Fsp3) is 0.360. The monoisotopic (exact) mass is 358 g/mol. The normalized spacial score (nSPS) is 16.4. The first-order valence-electron chi connectivity index (χ1n) is 10.2. The van der Waals surface area contributed by atoms with Crippen molar-refractivity contribution in [3.8, 4) is 0 Å². The third kappa shape index (κ3) is 3.72. The van der Waals surface area contributed by atoms with Crippen LogP contribution in [0.1, 0.15) is 37.9 Å². The van der Waals surface area contributed by atoms with E-state index in [9.17, 15) is 0 Å². The van der Waals surface area contributed by atoms with Gasteiger partial charge in [-0.3, -0.25) is 4.90 Å². The number of rotatable bonds is 5. The van der Waals surface area contributed by atoms with Gasteiger partial charge in [0.25, 0.3) is 0 Å². The zero-order chi connectivity index (χ0) is 18.8. The smallest absolute Gasteiger partial charge is 0.0713 e. The van der Waals surface area contributed by atoms with Gasteiger partial charge in [0.15, 0.2) is 0 Å². The predicted molar refractivity (Wildman–Crippen MR) is 116 cm³/mol. The number of hydrogen-bond donors (Lipinski definition) is 0. The highest BCUT2D eigenvalue weighted by molar-refractivity contribution is 5.86. The Morgan fingerprint density at radius 1 is 0.815 bits per heavy atom. The molecule has 0 spiro atoms. The van der Waals surface area contributed by atoms with Crippen LogP contribution in [0.4, 0.5) is 5.69 Å². The van der Waals surface area contributed by atoms with Crippen molar-refractivity contribution in [1.82, 2.24) is 4.90 Å². The molecule has 1 aliphatic rings. The molecule has 2 nitrogen and oxygen atoms in total. The Morgan fingerprint density at radius 2 is 1.56 bits per heavy atom. The SMILES string of the molecule is CC(C)Cc1ccccc1N1CCN([C@@H](C)c2cccc3ccccc23)C1. The van der Waals surface area contributed by atoms with Crippen molar-refractivity contribution in [3.63, 3.8) is 0 Å². The lowest BCUT2D eigenvalue weighted by atomic mass is 9.99. The predicted octanol–water partition coefficient (Wildman–Crippen LogP) is 5.88. The minimum absolute atomic E-state index is 0.415. The van der Waals surface area contributed by atoms with Gasteiger partial charge < -0.3 is 4.90 Å². The molecule has 1 heterocycles. The summed E-state index contributed by atoms with van der Waals surface area (Å²) in [5.74, 6) is 0.680. The molecule has 0 aromatic heterocycles. The van der Waals surface area contributed by atoms with Gasteiger partial charge in [0, 0.05) is 24.8 Å². The minimum atomic E-state index is 0.415. The van der Waals surface area contributed by atoms with Gasteiger partial charge in [-0.05, 0) is 47.2 Å². The molecule has 0 radical (unpaired) electrons. The van der Waals surface area contributed by atoms with Crippen LogP contribution in [0.5, 0.6) is 0 Å². The van der Waals surface area contributed by atoms with Gasteiger partial charge in [-0.2, -0.15) is 0 Å². The second-order valence-electron chi connectivity index (χ2n) is 8.19. The summed E-state index contributed by atoms with van der Waals surface area (Å²) in [6.07, 6.45) is 1.14. The summed E-state index contributed by atoms with van der Waals surface area (Å²) in [5, 5.41) is 2.71. The Balaban J connectivity index is 1.56. The second kappa shape index (κ2) is 7.74. The molecule has 0 saturated carbocycles. The third-order valence-corrected chi connectivity index (χ3v) is 5.79. The summed E-state index contributed by atoms with van der Waals surface area (Å²) < 4.78 is 0. The molecule has 0 amide bonds. The van der Waals surface area contributed by atoms with E-state index in [2.05, 4.69) is 97.3 Å². The molecule has 2 heteroatoms. The largest absolute Gasteiger partial charge is 0.357 e. The Labute approximate surface area is 163 Å². The van der Waals surface area contributed by atoms with E-state index in [1.807, 2.05) is 0 Å². The van der Waals surface area contributed by atoms with Gasteiger partial charge in [0.1, 0.15) is 0 Å². The molecule has 1 atom stereocenters. The van der Waals surface area contributed by atoms with Gasteiger partial charge >= 0.3 is 0 Å². The lowest BCUT2D eigenvalue weighted by Crippen LogP contribution is -2.28. The van der Waals surface area contributed by atoms with E-state index in [-0.39, 0.29) is 0 Å². The minimum Gasteiger partial charge on any atom is -0.357 e. The Morgan fingerprint density at radius 3 is 2.41 bits per heavy atom. The van der Waals surface area contributed by atoms with Gasteiger partial charge in [0.05, 0.1) is 6.67 Å². The number of fused-ring (bicyclic) bond motifs is 1. The molecule has 1 fully saturated rings. The highest BCUT2D eigenvalue weighted by Gasteiger charge is 2.27. The Bertz CT molecular complexity index is 910. The van der Waals surface area contributed by atoms with E-state index in [0.717, 1.165) is 26.2 Å². The molecular formula is C25H30N2. The summed E-state index contributed by atoms with van der Waals surface area (Å²) >= 11 is 0. The van der Waals surface area contributed by atoms with E-state index in [1.54, 1.807) is 0 Å². The zero-order valence-corrected chi connectivity index (χ0v) is 16.7. The summed E-state index contributed by atoms with van der Waals surface area (Å²) in [5.41, 5.74) is 4.33. The topological polar surface area (TPSA) is 6.48 Å². The molecule has 0 bridgehead atoms. The fourth-order valence-electron chi connectivity index (χ4n) is 4.37. The molecule has 0 aliphatic carbocycles. The van der Waals surface area contributed by atoms with E-state index in [4.69, 9.17) is 0 Å². The van der Waals surface area contributed by atoms with Crippen molar-refractivity contribution in [2.75, 3.05) is 24.7 Å². The van der Waals surface area contributed by atoms with E-state index < -0.39 is 0 Å². The summed E-state index contributed by atoms with van der Waals surface area (Å²) in [4.78, 5) is 5.16. The standard InChI is InChI=1S/C25H30N2/c1-19(2)17-22-10-5-7-14-25(22)27-16-15-26(18-27)20(3)23-13-8-11-21-9-4-6-12-24(21)23/h4-14,19-20H,15-18H2,1-3H3/t20-/m0/s1. The Hall–Kier alpha value is -2.32. The number of para-hydroxylation sites is 1. The van der Waals surface area contributed by atoms with Crippen molar-refractivity contribution < 1.29 is 0 Å². The van der Waals surface area contributed by atoms with Crippen LogP contribution in [-0.4, -0.2) is 24.7 Å². The average molecular weight is 359 g/mol. The van der Waals surface area contributed by atoms with Crippen molar-refractivity contribution in [2.45, 2.75) is 33.2 Å². The van der Waals surface area contributed by atoms with Gasteiger partial charge in [-0.15, -0.1) is 0 Å². The molecule has 1 saturated heterocycles. The number of nitrogens with zero attached hydrogens (tertiary/aromatic N) is 2. The molecule has 3 aromatic rings. The molecule has 1 aliphatic heterocycles. The molecular weight excluding hydrogens is 328 g/mol. The van der Waals surface area contributed by atoms with Crippen LogP contribution < -0.4 is 4.90 Å². The molecule has 0 unspecified atom stereocenters. The summed E-state index contributed by atoms with van der Waals surface area (Å²) in [6.45, 7) is 10.2. The Kier molecular flexibility index (Phi) is 5.18. The fourth-order valence-corrected chi connectivity index (χ4v) is 4.37. The van der Waals surface area contributed by atoms with Crippen molar-refractivity contribution >= 4 is 16.5 Å². The van der Waals surface area contributed by atoms with E-state index in [0.29, 0.717) is 12.0 Å². The maximum atomic E-state index is 2.61. The lowest BCUT2D eigenvalue weighted by Gasteiger charge is -2.27. The van der Waals surface area contributed by atoms with Gasteiger partial charge in [-0.25, -0.2) is 0 Å². The van der Waals surface area contributed by atoms with Crippen molar-refractivity contribution in [3.05, 3.63) is 77.9 Å². The average Bonchev–Trinajstić information content (AvgIpc) is 3.17. The summed E-state index contributed by atoms with van der Waals surface area (Å²) in [7, 11) is 0. The quantitative estimate of drug-likeness (QED) is 0.562. The van der Waals surface area contributed by atoms with E-state index >= 15 is 0 Å². The first kappa shape index (κ1) is 18.1. The van der Waals surface area contributed by atoms with Crippen LogP contribution in [0.15, 0.2) is 66.7 Å². The molecule has 0 N–H and O–H groups in total. The number of anilines is 1. The lowest BCUT2D eigenvalue weighted by molar-refractivity contribution is 0.267. The first-order valence-corrected chi connectivity index (χ1v) is 10.2. The zero-order valence-electron chi connectivity index (χ0n) is 16.7. The van der Waals surface area contributed by atoms with Crippen LogP contribution in [0.3, 0.4) is 0 Å². The maximum Gasteiger partial charge on any atom is 0.0713 e. The maximum absolute atomic E-state index is 2.61. The molecule has 4 rings (SSSR count). The molecule has 140 valence electrons. The van der Waals surface area contributed by atoms with Crippen molar-refractivity contribution in [2.24, 2.45) is 5.92 Å². The van der Waals surface area contributed by atoms with Crippen molar-refractivity contribution in [1.29, 1.82) is 0 Å². The molecule has 3 aromatic carbocycles.